The minimum absolute atomic E-state index is 0.0452. The van der Waals surface area contributed by atoms with Gasteiger partial charge < -0.3 is 21.1 Å². The summed E-state index contributed by atoms with van der Waals surface area (Å²) in [4.78, 5) is 37.0. The summed E-state index contributed by atoms with van der Waals surface area (Å²) in [5, 5.41) is 16.3. The number of amides is 2. The lowest BCUT2D eigenvalue weighted by Gasteiger charge is -2.36. The van der Waals surface area contributed by atoms with E-state index < -0.39 is 0 Å². The zero-order chi connectivity index (χ0) is 29.6. The largest absolute Gasteiger partial charge is 0.395 e. The number of nitrogen functional groups attached to an aromatic ring is 1. The second-order valence-corrected chi connectivity index (χ2v) is 11.1. The topological polar surface area (TPSA) is 133 Å². The molecule has 42 heavy (non-hydrogen) atoms. The molecular formula is C31H40N8O3. The van der Waals surface area contributed by atoms with Crippen LogP contribution in [0.3, 0.4) is 0 Å². The highest BCUT2D eigenvalue weighted by molar-refractivity contribution is 6.00. The molecule has 0 spiro atoms. The molecule has 2 atom stereocenters. The minimum Gasteiger partial charge on any atom is -0.395 e. The first-order valence-electron chi connectivity index (χ1n) is 14.5. The van der Waals surface area contributed by atoms with Crippen molar-refractivity contribution in [3.63, 3.8) is 0 Å². The molecule has 5 rings (SSSR count). The standard InChI is InChI=1S/C31H40N8O3/c1-22(38-13-11-37(12-14-38)15-16-40)3-4-23-5-7-24(8-6-23)31(42)39-10-9-27(21-39)35-30(41)28-17-25(18-33-29(28)32)26-19-34-36(2)20-26/h3-8,17-20,22,27,40H,9-16,21H2,1-2H3,(H2,32,33)(H,35,41)/b4-3+/t22?,27-/m1/s1. The molecule has 4 heterocycles. The van der Waals surface area contributed by atoms with Gasteiger partial charge in [-0.1, -0.05) is 24.3 Å². The summed E-state index contributed by atoms with van der Waals surface area (Å²) in [5.74, 6) is -0.186. The number of aliphatic hydroxyl groups is 1. The smallest absolute Gasteiger partial charge is 0.255 e. The summed E-state index contributed by atoms with van der Waals surface area (Å²) in [5.41, 5.74) is 9.62. The number of β-amino-alcohol motifs (C(OH)–C–C–N with tert-alkyl or cyclic N) is 1. The van der Waals surface area contributed by atoms with Crippen molar-refractivity contribution >= 4 is 23.7 Å². The quantitative estimate of drug-likeness (QED) is 0.353. The second kappa shape index (κ2) is 13.3. The number of nitrogens with one attached hydrogen (secondary N) is 1. The van der Waals surface area contributed by atoms with Gasteiger partial charge in [0.25, 0.3) is 11.8 Å². The number of likely N-dealkylation sites (tertiary alicyclic amines) is 1. The summed E-state index contributed by atoms with van der Waals surface area (Å²) in [6.45, 7) is 8.06. The summed E-state index contributed by atoms with van der Waals surface area (Å²) in [6.07, 6.45) is 10.2. The molecule has 4 N–H and O–H groups in total. The zero-order valence-corrected chi connectivity index (χ0v) is 24.3. The highest BCUT2D eigenvalue weighted by Crippen LogP contribution is 2.22. The molecule has 2 fully saturated rings. The van der Waals surface area contributed by atoms with Gasteiger partial charge >= 0.3 is 0 Å². The fraction of sp³-hybridized carbons (Fsp3) is 0.419. The maximum absolute atomic E-state index is 13.2. The van der Waals surface area contributed by atoms with Gasteiger partial charge in [0, 0.05) is 94.0 Å². The third-order valence-electron chi connectivity index (χ3n) is 8.14. The van der Waals surface area contributed by atoms with Crippen LogP contribution in [0.1, 0.15) is 39.6 Å². The van der Waals surface area contributed by atoms with Gasteiger partial charge in [-0.05, 0) is 37.1 Å². The molecule has 2 aromatic heterocycles. The first-order chi connectivity index (χ1) is 20.3. The average Bonchev–Trinajstić information content (AvgIpc) is 3.65. The number of nitrogens with zero attached hydrogens (tertiary/aromatic N) is 6. The molecule has 2 aliphatic rings. The van der Waals surface area contributed by atoms with E-state index in [0.29, 0.717) is 36.7 Å². The van der Waals surface area contributed by atoms with Crippen molar-refractivity contribution in [2.45, 2.75) is 25.4 Å². The van der Waals surface area contributed by atoms with Gasteiger partial charge in [0.15, 0.2) is 0 Å². The van der Waals surface area contributed by atoms with Crippen LogP contribution in [0, 0.1) is 0 Å². The Bertz CT molecular complexity index is 1410. The van der Waals surface area contributed by atoms with Crippen LogP contribution >= 0.6 is 0 Å². The Morgan fingerprint density at radius 2 is 1.88 bits per heavy atom. The van der Waals surface area contributed by atoms with Crippen molar-refractivity contribution in [3.8, 4) is 11.1 Å². The SMILES string of the molecule is CC(/C=C/c1ccc(C(=O)N2CC[C@@H](NC(=O)c3cc(-c4cnn(C)c4)cnc3N)C2)cc1)N1CCN(CCO)CC1. The van der Waals surface area contributed by atoms with Crippen LogP contribution in [-0.4, -0.2) is 111 Å². The fourth-order valence-corrected chi connectivity index (χ4v) is 5.54. The number of aromatic nitrogens is 3. The van der Waals surface area contributed by atoms with Crippen LogP contribution in [0.4, 0.5) is 5.82 Å². The first kappa shape index (κ1) is 29.4. The third-order valence-corrected chi connectivity index (χ3v) is 8.14. The van der Waals surface area contributed by atoms with Crippen molar-refractivity contribution < 1.29 is 14.7 Å². The van der Waals surface area contributed by atoms with Crippen LogP contribution in [0.25, 0.3) is 17.2 Å². The lowest BCUT2D eigenvalue weighted by molar-refractivity contribution is 0.0783. The number of hydrogen-bond acceptors (Lipinski definition) is 8. The van der Waals surface area contributed by atoms with Crippen LogP contribution in [0.5, 0.6) is 0 Å². The van der Waals surface area contributed by atoms with Gasteiger partial charge in [-0.3, -0.25) is 24.1 Å². The van der Waals surface area contributed by atoms with Gasteiger partial charge in [-0.15, -0.1) is 0 Å². The summed E-state index contributed by atoms with van der Waals surface area (Å²) in [7, 11) is 1.83. The number of anilines is 1. The minimum atomic E-state index is -0.303. The van der Waals surface area contributed by atoms with E-state index in [1.165, 1.54) is 0 Å². The molecule has 1 aromatic carbocycles. The van der Waals surface area contributed by atoms with E-state index in [9.17, 15) is 9.59 Å². The summed E-state index contributed by atoms with van der Waals surface area (Å²) in [6, 6.07) is 9.53. The second-order valence-electron chi connectivity index (χ2n) is 11.1. The maximum atomic E-state index is 13.2. The molecule has 3 aromatic rings. The van der Waals surface area contributed by atoms with Gasteiger partial charge in [-0.25, -0.2) is 4.98 Å². The normalized spacial score (nSPS) is 18.9. The Morgan fingerprint density at radius 3 is 2.57 bits per heavy atom. The molecular weight excluding hydrogens is 532 g/mol. The lowest BCUT2D eigenvalue weighted by atomic mass is 10.1. The Labute approximate surface area is 246 Å². The zero-order valence-electron chi connectivity index (χ0n) is 24.3. The maximum Gasteiger partial charge on any atom is 0.255 e. The van der Waals surface area contributed by atoms with E-state index in [4.69, 9.17) is 10.8 Å². The lowest BCUT2D eigenvalue weighted by Crippen LogP contribution is -2.49. The van der Waals surface area contributed by atoms with E-state index in [-0.39, 0.29) is 30.3 Å². The number of benzene rings is 1. The Balaban J connectivity index is 1.13. The molecule has 1 unspecified atom stereocenters. The monoisotopic (exact) mass is 572 g/mol. The third kappa shape index (κ3) is 7.04. The molecule has 11 heteroatoms. The van der Waals surface area contributed by atoms with E-state index in [0.717, 1.165) is 49.4 Å². The van der Waals surface area contributed by atoms with Crippen molar-refractivity contribution in [1.82, 2.24) is 34.8 Å². The number of nitrogens with two attached hydrogens (primary N) is 1. The van der Waals surface area contributed by atoms with Gasteiger partial charge in [-0.2, -0.15) is 5.10 Å². The van der Waals surface area contributed by atoms with Crippen LogP contribution in [0.15, 0.2) is 55.0 Å². The Kier molecular flexibility index (Phi) is 9.31. The van der Waals surface area contributed by atoms with Crippen molar-refractivity contribution in [2.75, 3.05) is 58.2 Å². The molecule has 222 valence electrons. The van der Waals surface area contributed by atoms with E-state index >= 15 is 0 Å². The highest BCUT2D eigenvalue weighted by Gasteiger charge is 2.29. The van der Waals surface area contributed by atoms with Crippen LogP contribution in [-0.2, 0) is 7.05 Å². The number of hydrogen-bond donors (Lipinski definition) is 3. The number of piperazine rings is 1. The van der Waals surface area contributed by atoms with E-state index in [1.807, 2.05) is 37.5 Å². The number of carbonyl (C=O) groups excluding carboxylic acids is 2. The molecule has 2 aliphatic heterocycles. The van der Waals surface area contributed by atoms with Gasteiger partial charge in [0.1, 0.15) is 5.82 Å². The molecule has 0 saturated carbocycles. The Morgan fingerprint density at radius 1 is 1.12 bits per heavy atom. The number of rotatable bonds is 9. The predicted molar refractivity (Wildman–Crippen MR) is 163 cm³/mol. The van der Waals surface area contributed by atoms with Gasteiger partial charge in [0.2, 0.25) is 0 Å². The number of carbonyl (C=O) groups is 2. The van der Waals surface area contributed by atoms with E-state index in [1.54, 1.807) is 28.0 Å². The van der Waals surface area contributed by atoms with Crippen LogP contribution in [0.2, 0.25) is 0 Å². The number of aryl methyl sites for hydroxylation is 1. The van der Waals surface area contributed by atoms with E-state index in [2.05, 4.69) is 44.3 Å². The fourth-order valence-electron chi connectivity index (χ4n) is 5.54. The molecule has 2 saturated heterocycles. The molecule has 11 nitrogen and oxygen atoms in total. The highest BCUT2D eigenvalue weighted by atomic mass is 16.3. The van der Waals surface area contributed by atoms with Crippen molar-refractivity contribution in [1.29, 1.82) is 0 Å². The van der Waals surface area contributed by atoms with Crippen molar-refractivity contribution in [2.24, 2.45) is 7.05 Å². The molecule has 2 amide bonds. The number of pyridine rings is 1. The average molecular weight is 573 g/mol. The van der Waals surface area contributed by atoms with Crippen LogP contribution < -0.4 is 11.1 Å². The van der Waals surface area contributed by atoms with Gasteiger partial charge in [0.05, 0.1) is 18.4 Å². The summed E-state index contributed by atoms with van der Waals surface area (Å²) >= 11 is 0. The number of aliphatic hydroxyl groups excluding tert-OH is 1. The molecule has 0 aliphatic carbocycles. The molecule has 0 radical (unpaired) electrons. The van der Waals surface area contributed by atoms with Crippen molar-refractivity contribution in [3.05, 3.63) is 71.7 Å². The first-order valence-corrected chi connectivity index (χ1v) is 14.5. The molecule has 0 bridgehead atoms. The Hall–Kier alpha value is -4.06. The predicted octanol–water partition coefficient (Wildman–Crippen LogP) is 1.72. The summed E-state index contributed by atoms with van der Waals surface area (Å²) < 4.78 is 1.69.